The first kappa shape index (κ1) is 29.5. The first-order chi connectivity index (χ1) is 14.1. The van der Waals surface area contributed by atoms with Crippen molar-refractivity contribution in [3.05, 3.63) is 35.4 Å². The molecule has 0 N–H and O–H groups in total. The van der Waals surface area contributed by atoms with Crippen LogP contribution in [0, 0.1) is 0 Å². The molecule has 0 saturated heterocycles. The highest BCUT2D eigenvalue weighted by atomic mass is 35.5. The summed E-state index contributed by atoms with van der Waals surface area (Å²) < 4.78 is 1.12. The molecule has 0 radical (unpaired) electrons. The van der Waals surface area contributed by atoms with Crippen molar-refractivity contribution in [2.45, 2.75) is 123 Å². The normalized spacial score (nSPS) is 11.5. The average Bonchev–Trinajstić information content (AvgIpc) is 2.70. The van der Waals surface area contributed by atoms with E-state index in [1.54, 1.807) is 0 Å². The van der Waals surface area contributed by atoms with Crippen LogP contribution >= 0.6 is 0 Å². The molecular weight excluding hydrogens is 386 g/mol. The fourth-order valence-corrected chi connectivity index (χ4v) is 4.34. The van der Waals surface area contributed by atoms with Gasteiger partial charge in [0.1, 0.15) is 6.54 Å². The summed E-state index contributed by atoms with van der Waals surface area (Å²) in [5.41, 5.74) is 3.00. The zero-order valence-corrected chi connectivity index (χ0v) is 21.6. The molecule has 30 heavy (non-hydrogen) atoms. The Bertz CT molecular complexity index is 480. The maximum atomic E-state index is 2.40. The van der Waals surface area contributed by atoms with E-state index in [1.807, 2.05) is 0 Å². The molecule has 0 atom stereocenters. The van der Waals surface area contributed by atoms with Crippen LogP contribution in [0.15, 0.2) is 24.3 Å². The van der Waals surface area contributed by atoms with Gasteiger partial charge in [0.25, 0.3) is 0 Å². The molecule has 1 rings (SSSR count). The highest BCUT2D eigenvalue weighted by Crippen LogP contribution is 2.16. The molecule has 0 fully saturated rings. The van der Waals surface area contributed by atoms with Gasteiger partial charge in [-0.2, -0.15) is 0 Å². The minimum Gasteiger partial charge on any atom is -1.00 e. The van der Waals surface area contributed by atoms with Crippen molar-refractivity contribution in [3.63, 3.8) is 0 Å². The average molecular weight is 438 g/mol. The molecule has 0 aliphatic rings. The van der Waals surface area contributed by atoms with Crippen molar-refractivity contribution in [1.29, 1.82) is 0 Å². The van der Waals surface area contributed by atoms with E-state index in [9.17, 15) is 0 Å². The number of hydrogen-bond acceptors (Lipinski definition) is 0. The standard InChI is InChI=1S/C28H52N.ClH/c1-5-7-9-10-11-12-13-14-15-16-17-19-25-29(3,4)26-28-23-21-27(22-24-28)20-18-8-6-2;/h21-24H,5-20,25-26H2,1-4H3;1H/q+1;/p-1. The lowest BCUT2D eigenvalue weighted by molar-refractivity contribution is -0.903. The Morgan fingerprint density at radius 2 is 0.933 bits per heavy atom. The minimum absolute atomic E-state index is 0. The van der Waals surface area contributed by atoms with Crippen LogP contribution in [0.3, 0.4) is 0 Å². The van der Waals surface area contributed by atoms with Crippen LogP contribution in [-0.4, -0.2) is 25.1 Å². The molecule has 0 heterocycles. The molecular formula is C28H52ClN. The second kappa shape index (κ2) is 19.2. The summed E-state index contributed by atoms with van der Waals surface area (Å²) in [4.78, 5) is 0. The highest BCUT2D eigenvalue weighted by molar-refractivity contribution is 5.22. The minimum atomic E-state index is 0. The third-order valence-corrected chi connectivity index (χ3v) is 6.32. The van der Waals surface area contributed by atoms with Crippen LogP contribution in [0.25, 0.3) is 0 Å². The zero-order valence-electron chi connectivity index (χ0n) is 20.9. The van der Waals surface area contributed by atoms with Gasteiger partial charge in [0.15, 0.2) is 0 Å². The van der Waals surface area contributed by atoms with E-state index in [4.69, 9.17) is 0 Å². The SMILES string of the molecule is CCCCCCCCCCCCCC[N+](C)(C)Cc1ccc(CCCCC)cc1.[Cl-]. The van der Waals surface area contributed by atoms with E-state index in [2.05, 4.69) is 52.2 Å². The summed E-state index contributed by atoms with van der Waals surface area (Å²) in [5.74, 6) is 0. The lowest BCUT2D eigenvalue weighted by atomic mass is 10.0. The second-order valence-electron chi connectivity index (χ2n) is 9.98. The van der Waals surface area contributed by atoms with Gasteiger partial charge in [-0.3, -0.25) is 0 Å². The van der Waals surface area contributed by atoms with Crippen LogP contribution in [0.2, 0.25) is 0 Å². The smallest absolute Gasteiger partial charge is 0.104 e. The molecule has 0 unspecified atom stereocenters. The zero-order chi connectivity index (χ0) is 21.2. The molecule has 1 aromatic carbocycles. The van der Waals surface area contributed by atoms with Crippen LogP contribution in [-0.2, 0) is 13.0 Å². The molecule has 0 bridgehead atoms. The Hall–Kier alpha value is -0.530. The quantitative estimate of drug-likeness (QED) is 0.192. The highest BCUT2D eigenvalue weighted by Gasteiger charge is 2.15. The predicted molar refractivity (Wildman–Crippen MR) is 131 cm³/mol. The maximum Gasteiger partial charge on any atom is 0.104 e. The predicted octanol–water partition coefficient (Wildman–Crippen LogP) is 5.70. The molecule has 0 saturated carbocycles. The summed E-state index contributed by atoms with van der Waals surface area (Å²) in [6.07, 6.45) is 22.4. The largest absolute Gasteiger partial charge is 1.00 e. The third kappa shape index (κ3) is 16.2. The Kier molecular flexibility index (Phi) is 18.8. The summed E-state index contributed by atoms with van der Waals surface area (Å²) in [7, 11) is 4.79. The van der Waals surface area contributed by atoms with Gasteiger partial charge in [-0.25, -0.2) is 0 Å². The Labute approximate surface area is 196 Å². The number of aryl methyl sites for hydroxylation is 1. The van der Waals surface area contributed by atoms with Crippen molar-refractivity contribution in [2.24, 2.45) is 0 Å². The molecule has 0 aliphatic heterocycles. The Morgan fingerprint density at radius 1 is 0.533 bits per heavy atom. The van der Waals surface area contributed by atoms with E-state index in [1.165, 1.54) is 120 Å². The number of halogens is 1. The topological polar surface area (TPSA) is 0 Å². The van der Waals surface area contributed by atoms with Gasteiger partial charge in [0.05, 0.1) is 20.6 Å². The van der Waals surface area contributed by atoms with Gasteiger partial charge in [-0.1, -0.05) is 115 Å². The van der Waals surface area contributed by atoms with Crippen LogP contribution in [0.1, 0.15) is 121 Å². The van der Waals surface area contributed by atoms with E-state index in [0.29, 0.717) is 0 Å². The number of hydrogen-bond donors (Lipinski definition) is 0. The third-order valence-electron chi connectivity index (χ3n) is 6.32. The first-order valence-corrected chi connectivity index (χ1v) is 13.0. The van der Waals surface area contributed by atoms with Gasteiger partial charge in [0, 0.05) is 5.56 Å². The van der Waals surface area contributed by atoms with Crippen molar-refractivity contribution in [2.75, 3.05) is 20.6 Å². The Balaban J connectivity index is 0.00000841. The van der Waals surface area contributed by atoms with Gasteiger partial charge >= 0.3 is 0 Å². The molecule has 1 nitrogen and oxygen atoms in total. The van der Waals surface area contributed by atoms with Gasteiger partial charge in [-0.05, 0) is 31.2 Å². The number of rotatable bonds is 19. The van der Waals surface area contributed by atoms with E-state index in [-0.39, 0.29) is 12.4 Å². The number of nitrogens with zero attached hydrogens (tertiary/aromatic N) is 1. The first-order valence-electron chi connectivity index (χ1n) is 13.0. The van der Waals surface area contributed by atoms with Gasteiger partial charge in [-0.15, -0.1) is 0 Å². The van der Waals surface area contributed by atoms with Crippen molar-refractivity contribution < 1.29 is 16.9 Å². The summed E-state index contributed by atoms with van der Waals surface area (Å²) >= 11 is 0. The Morgan fingerprint density at radius 3 is 1.43 bits per heavy atom. The molecule has 0 aliphatic carbocycles. The summed E-state index contributed by atoms with van der Waals surface area (Å²) in [6.45, 7) is 7.04. The van der Waals surface area contributed by atoms with Gasteiger partial charge < -0.3 is 16.9 Å². The molecule has 0 aromatic heterocycles. The van der Waals surface area contributed by atoms with E-state index >= 15 is 0 Å². The summed E-state index contributed by atoms with van der Waals surface area (Å²) in [5, 5.41) is 0. The monoisotopic (exact) mass is 437 g/mol. The molecule has 176 valence electrons. The van der Waals surface area contributed by atoms with Crippen molar-refractivity contribution >= 4 is 0 Å². The molecule has 0 spiro atoms. The van der Waals surface area contributed by atoms with Crippen LogP contribution in [0.4, 0.5) is 0 Å². The molecule has 1 aromatic rings. The summed E-state index contributed by atoms with van der Waals surface area (Å²) in [6, 6.07) is 9.44. The fraction of sp³-hybridized carbons (Fsp3) is 0.786. The maximum absolute atomic E-state index is 2.40. The van der Waals surface area contributed by atoms with E-state index < -0.39 is 0 Å². The van der Waals surface area contributed by atoms with Crippen LogP contribution in [0.5, 0.6) is 0 Å². The van der Waals surface area contributed by atoms with Crippen molar-refractivity contribution in [3.8, 4) is 0 Å². The van der Waals surface area contributed by atoms with Crippen LogP contribution < -0.4 is 12.4 Å². The fourth-order valence-electron chi connectivity index (χ4n) is 4.34. The number of quaternary nitrogens is 1. The lowest BCUT2D eigenvalue weighted by Gasteiger charge is -2.30. The molecule has 2 heteroatoms. The number of benzene rings is 1. The van der Waals surface area contributed by atoms with E-state index in [0.717, 1.165) is 11.0 Å². The molecule has 0 amide bonds. The van der Waals surface area contributed by atoms with Crippen molar-refractivity contribution in [1.82, 2.24) is 0 Å². The number of unbranched alkanes of at least 4 members (excludes halogenated alkanes) is 13. The van der Waals surface area contributed by atoms with Gasteiger partial charge in [0.2, 0.25) is 0 Å². The lowest BCUT2D eigenvalue weighted by Crippen LogP contribution is -3.00. The second-order valence-corrected chi connectivity index (χ2v) is 9.98.